The number of aromatic nitrogens is 2. The van der Waals surface area contributed by atoms with E-state index >= 15 is 0 Å². The number of hydrogen-bond donors (Lipinski definition) is 1. The molecule has 0 bridgehead atoms. The van der Waals surface area contributed by atoms with E-state index in [2.05, 4.69) is 46.4 Å². The van der Waals surface area contributed by atoms with Gasteiger partial charge in [0.25, 0.3) is 5.56 Å². The Labute approximate surface area is 126 Å². The number of halogens is 1. The highest BCUT2D eigenvalue weighted by Crippen LogP contribution is 2.24. The predicted octanol–water partition coefficient (Wildman–Crippen LogP) is 3.95. The average Bonchev–Trinajstić information content (AvgIpc) is 2.44. The SMILES string of the molecule is CCC(CC)c1nc(-c2ccccc2)c(I)c(=O)[nH]1. The molecule has 1 aromatic heterocycles. The van der Waals surface area contributed by atoms with Crippen LogP contribution < -0.4 is 5.56 Å². The van der Waals surface area contributed by atoms with Crippen LogP contribution in [0.4, 0.5) is 0 Å². The third-order valence-corrected chi connectivity index (χ3v) is 4.30. The molecule has 1 heterocycles. The lowest BCUT2D eigenvalue weighted by atomic mass is 10.0. The zero-order valence-electron chi connectivity index (χ0n) is 11.1. The van der Waals surface area contributed by atoms with E-state index in [-0.39, 0.29) is 5.56 Å². The van der Waals surface area contributed by atoms with Crippen molar-refractivity contribution in [1.82, 2.24) is 9.97 Å². The summed E-state index contributed by atoms with van der Waals surface area (Å²) in [5, 5.41) is 0. The molecule has 2 aromatic rings. The third kappa shape index (κ3) is 3.05. The quantitative estimate of drug-likeness (QED) is 0.831. The first-order chi connectivity index (χ1) is 9.17. The van der Waals surface area contributed by atoms with Crippen molar-refractivity contribution in [1.29, 1.82) is 0 Å². The summed E-state index contributed by atoms with van der Waals surface area (Å²) in [7, 11) is 0. The minimum absolute atomic E-state index is 0.0450. The second-order valence-corrected chi connectivity index (χ2v) is 5.57. The van der Waals surface area contributed by atoms with Crippen molar-refractivity contribution in [3.05, 3.63) is 50.1 Å². The van der Waals surface area contributed by atoms with E-state index in [1.165, 1.54) is 0 Å². The van der Waals surface area contributed by atoms with Crippen LogP contribution in [-0.4, -0.2) is 9.97 Å². The lowest BCUT2D eigenvalue weighted by molar-refractivity contribution is 0.599. The Bertz CT molecular complexity index is 603. The van der Waals surface area contributed by atoms with Gasteiger partial charge >= 0.3 is 0 Å². The molecule has 1 N–H and O–H groups in total. The lowest BCUT2D eigenvalue weighted by Gasteiger charge is -2.13. The highest BCUT2D eigenvalue weighted by atomic mass is 127. The topological polar surface area (TPSA) is 45.8 Å². The smallest absolute Gasteiger partial charge is 0.264 e. The van der Waals surface area contributed by atoms with Gasteiger partial charge in [-0.1, -0.05) is 44.2 Å². The van der Waals surface area contributed by atoms with Crippen LogP contribution >= 0.6 is 22.6 Å². The molecule has 0 amide bonds. The van der Waals surface area contributed by atoms with Crippen molar-refractivity contribution >= 4 is 22.6 Å². The molecule has 1 aromatic carbocycles. The maximum Gasteiger partial charge on any atom is 0.264 e. The van der Waals surface area contributed by atoms with Crippen LogP contribution in [0.15, 0.2) is 35.1 Å². The summed E-state index contributed by atoms with van der Waals surface area (Å²) in [5.74, 6) is 1.11. The summed E-state index contributed by atoms with van der Waals surface area (Å²) in [6.07, 6.45) is 1.96. The molecule has 19 heavy (non-hydrogen) atoms. The highest BCUT2D eigenvalue weighted by molar-refractivity contribution is 14.1. The first kappa shape index (κ1) is 14.2. The molecular weight excluding hydrogens is 351 g/mol. The number of nitrogens with one attached hydrogen (secondary N) is 1. The molecule has 0 unspecified atom stereocenters. The van der Waals surface area contributed by atoms with Gasteiger partial charge in [0.15, 0.2) is 0 Å². The first-order valence-corrected chi connectivity index (χ1v) is 7.60. The van der Waals surface area contributed by atoms with Crippen LogP contribution in [0.2, 0.25) is 0 Å². The Kier molecular flexibility index (Phi) is 4.74. The van der Waals surface area contributed by atoms with Crippen LogP contribution in [0.25, 0.3) is 11.3 Å². The minimum Gasteiger partial charge on any atom is -0.309 e. The number of aromatic amines is 1. The van der Waals surface area contributed by atoms with E-state index in [1.54, 1.807) is 0 Å². The van der Waals surface area contributed by atoms with Gasteiger partial charge in [-0.25, -0.2) is 4.98 Å². The zero-order valence-corrected chi connectivity index (χ0v) is 13.3. The molecule has 0 atom stereocenters. The maximum absolute atomic E-state index is 12.1. The molecule has 0 aliphatic heterocycles. The summed E-state index contributed by atoms with van der Waals surface area (Å²) in [6.45, 7) is 4.24. The van der Waals surface area contributed by atoms with Crippen molar-refractivity contribution < 1.29 is 0 Å². The molecule has 4 heteroatoms. The van der Waals surface area contributed by atoms with Crippen molar-refractivity contribution in [2.24, 2.45) is 0 Å². The summed E-state index contributed by atoms with van der Waals surface area (Å²) < 4.78 is 0.651. The summed E-state index contributed by atoms with van der Waals surface area (Å²) in [5.41, 5.74) is 1.73. The number of benzene rings is 1. The van der Waals surface area contributed by atoms with Crippen molar-refractivity contribution in [2.75, 3.05) is 0 Å². The van der Waals surface area contributed by atoms with E-state index < -0.39 is 0 Å². The molecule has 0 fully saturated rings. The van der Waals surface area contributed by atoms with E-state index in [9.17, 15) is 4.79 Å². The van der Waals surface area contributed by atoms with Gasteiger partial charge < -0.3 is 4.98 Å². The zero-order chi connectivity index (χ0) is 13.8. The van der Waals surface area contributed by atoms with Gasteiger partial charge in [-0.15, -0.1) is 0 Å². The van der Waals surface area contributed by atoms with Crippen LogP contribution in [-0.2, 0) is 0 Å². The minimum atomic E-state index is -0.0450. The number of rotatable bonds is 4. The predicted molar refractivity (Wildman–Crippen MR) is 86.3 cm³/mol. The summed E-state index contributed by atoms with van der Waals surface area (Å²) >= 11 is 2.07. The molecule has 0 spiro atoms. The van der Waals surface area contributed by atoms with E-state index in [0.717, 1.165) is 29.9 Å². The van der Waals surface area contributed by atoms with Crippen LogP contribution in [0.1, 0.15) is 38.4 Å². The molecule has 0 saturated carbocycles. The first-order valence-electron chi connectivity index (χ1n) is 6.52. The van der Waals surface area contributed by atoms with Crippen LogP contribution in [0.3, 0.4) is 0 Å². The molecule has 2 rings (SSSR count). The fourth-order valence-electron chi connectivity index (χ4n) is 2.13. The Morgan fingerprint density at radius 3 is 2.42 bits per heavy atom. The second kappa shape index (κ2) is 6.32. The summed E-state index contributed by atoms with van der Waals surface area (Å²) in [6, 6.07) is 9.86. The Morgan fingerprint density at radius 2 is 1.84 bits per heavy atom. The monoisotopic (exact) mass is 368 g/mol. The third-order valence-electron chi connectivity index (χ3n) is 3.30. The fraction of sp³-hybridized carbons (Fsp3) is 0.333. The van der Waals surface area contributed by atoms with Crippen molar-refractivity contribution in [2.45, 2.75) is 32.6 Å². The fourth-order valence-corrected chi connectivity index (χ4v) is 2.70. The Hall–Kier alpha value is -1.17. The van der Waals surface area contributed by atoms with Gasteiger partial charge in [-0.05, 0) is 35.4 Å². The van der Waals surface area contributed by atoms with Crippen molar-refractivity contribution in [3.63, 3.8) is 0 Å². The molecule has 0 saturated heterocycles. The summed E-state index contributed by atoms with van der Waals surface area (Å²) in [4.78, 5) is 19.7. The Balaban J connectivity index is 2.58. The maximum atomic E-state index is 12.1. The molecule has 0 aliphatic rings. The molecule has 0 radical (unpaired) electrons. The largest absolute Gasteiger partial charge is 0.309 e. The van der Waals surface area contributed by atoms with Gasteiger partial charge in [0.05, 0.1) is 5.69 Å². The Morgan fingerprint density at radius 1 is 1.21 bits per heavy atom. The number of H-pyrrole nitrogens is 1. The second-order valence-electron chi connectivity index (χ2n) is 4.49. The molecule has 0 aliphatic carbocycles. The van der Waals surface area contributed by atoms with Gasteiger partial charge in [0.2, 0.25) is 0 Å². The van der Waals surface area contributed by atoms with E-state index in [1.807, 2.05) is 30.3 Å². The molecule has 100 valence electrons. The van der Waals surface area contributed by atoms with Crippen LogP contribution in [0.5, 0.6) is 0 Å². The molecule has 3 nitrogen and oxygen atoms in total. The van der Waals surface area contributed by atoms with E-state index in [4.69, 9.17) is 0 Å². The van der Waals surface area contributed by atoms with Crippen LogP contribution in [0, 0.1) is 3.57 Å². The van der Waals surface area contributed by atoms with Crippen molar-refractivity contribution in [3.8, 4) is 11.3 Å². The van der Waals surface area contributed by atoms with E-state index in [0.29, 0.717) is 9.49 Å². The average molecular weight is 368 g/mol. The van der Waals surface area contributed by atoms with Gasteiger partial charge in [0, 0.05) is 11.5 Å². The number of hydrogen-bond acceptors (Lipinski definition) is 2. The lowest BCUT2D eigenvalue weighted by Crippen LogP contribution is -2.18. The number of nitrogens with zero attached hydrogens (tertiary/aromatic N) is 1. The molecular formula is C15H17IN2O. The van der Waals surface area contributed by atoms with Gasteiger partial charge in [-0.3, -0.25) is 4.79 Å². The highest BCUT2D eigenvalue weighted by Gasteiger charge is 2.15. The van der Waals surface area contributed by atoms with Gasteiger partial charge in [-0.2, -0.15) is 0 Å². The van der Waals surface area contributed by atoms with Gasteiger partial charge in [0.1, 0.15) is 9.39 Å². The normalized spacial score (nSPS) is 10.9. The standard InChI is InChI=1S/C15H17IN2O/c1-3-10(4-2)14-17-13(12(16)15(19)18-14)11-8-6-5-7-9-11/h5-10H,3-4H2,1-2H3,(H,17,18,19).